The number of nitrogens with zero attached hydrogens (tertiary/aromatic N) is 1. The van der Waals surface area contributed by atoms with E-state index in [4.69, 9.17) is 4.74 Å². The molecular formula is C9H16INO2. The van der Waals surface area contributed by atoms with E-state index in [0.29, 0.717) is 0 Å². The molecule has 4 heteroatoms. The van der Waals surface area contributed by atoms with E-state index in [9.17, 15) is 0 Å². The molecule has 0 radical (unpaired) electrons. The molecule has 0 spiro atoms. The molecule has 1 aliphatic rings. The highest BCUT2D eigenvalue weighted by Crippen LogP contribution is 1.98. The number of hydrogen-bond donors (Lipinski definition) is 0. The number of rotatable bonds is 0. The lowest BCUT2D eigenvalue weighted by molar-refractivity contribution is 0.198. The molecule has 1 saturated heterocycles. The van der Waals surface area contributed by atoms with Crippen LogP contribution >= 0.6 is 24.0 Å². The molecule has 0 aromatic carbocycles. The fourth-order valence-corrected chi connectivity index (χ4v) is 0.823. The monoisotopic (exact) mass is 297 g/mol. The highest BCUT2D eigenvalue weighted by Gasteiger charge is 1.94. The van der Waals surface area contributed by atoms with E-state index in [-0.39, 0.29) is 29.5 Å². The van der Waals surface area contributed by atoms with Crippen LogP contribution < -0.4 is 0 Å². The Labute approximate surface area is 95.8 Å². The standard InChI is InChI=1S/C5H5N.C4H8O.HI.H2O/c1-2-4-6-5-3-1;1-2-4-5-3-1;;/h1-5H;1-4H2;1H;1H2. The van der Waals surface area contributed by atoms with E-state index in [1.807, 2.05) is 18.2 Å². The summed E-state index contributed by atoms with van der Waals surface area (Å²) >= 11 is 0. The van der Waals surface area contributed by atoms with E-state index in [1.165, 1.54) is 12.8 Å². The Bertz CT molecular complexity index is 134. The third kappa shape index (κ3) is 9.72. The van der Waals surface area contributed by atoms with Gasteiger partial charge in [-0.3, -0.25) is 4.98 Å². The lowest BCUT2D eigenvalue weighted by atomic mass is 10.4. The Hall–Kier alpha value is -0.200. The summed E-state index contributed by atoms with van der Waals surface area (Å²) in [5, 5.41) is 0. The van der Waals surface area contributed by atoms with Gasteiger partial charge in [0.25, 0.3) is 0 Å². The quantitative estimate of drug-likeness (QED) is 0.684. The van der Waals surface area contributed by atoms with Crippen LogP contribution in [0.5, 0.6) is 0 Å². The molecule has 0 amide bonds. The maximum absolute atomic E-state index is 4.94. The van der Waals surface area contributed by atoms with Gasteiger partial charge >= 0.3 is 0 Å². The zero-order valence-corrected chi connectivity index (χ0v) is 9.81. The van der Waals surface area contributed by atoms with Crippen molar-refractivity contribution in [1.29, 1.82) is 0 Å². The highest BCUT2D eigenvalue weighted by atomic mass is 127. The molecule has 1 aromatic heterocycles. The first-order valence-electron chi connectivity index (χ1n) is 3.93. The Morgan fingerprint density at radius 1 is 0.923 bits per heavy atom. The van der Waals surface area contributed by atoms with Crippen LogP contribution in [0.15, 0.2) is 30.6 Å². The average Bonchev–Trinajstić information content (AvgIpc) is 2.64. The lowest BCUT2D eigenvalue weighted by Crippen LogP contribution is -1.74. The predicted molar refractivity (Wildman–Crippen MR) is 63.3 cm³/mol. The molecular weight excluding hydrogens is 281 g/mol. The first-order chi connectivity index (χ1) is 5.50. The molecule has 2 heterocycles. The molecule has 13 heavy (non-hydrogen) atoms. The van der Waals surface area contributed by atoms with Crippen molar-refractivity contribution in [3.8, 4) is 0 Å². The zero-order chi connectivity index (χ0) is 7.78. The topological polar surface area (TPSA) is 53.6 Å². The van der Waals surface area contributed by atoms with E-state index >= 15 is 0 Å². The number of ether oxygens (including phenoxy) is 1. The van der Waals surface area contributed by atoms with E-state index in [2.05, 4.69) is 4.98 Å². The summed E-state index contributed by atoms with van der Waals surface area (Å²) in [4.78, 5) is 3.78. The largest absolute Gasteiger partial charge is 0.412 e. The molecule has 1 fully saturated rings. The van der Waals surface area contributed by atoms with Gasteiger partial charge in [-0.2, -0.15) is 0 Å². The van der Waals surface area contributed by atoms with Gasteiger partial charge in [0.2, 0.25) is 0 Å². The summed E-state index contributed by atoms with van der Waals surface area (Å²) in [6.45, 7) is 2.00. The molecule has 1 aliphatic heterocycles. The number of pyridine rings is 1. The Kier molecular flexibility index (Phi) is 13.9. The Morgan fingerprint density at radius 2 is 1.46 bits per heavy atom. The minimum Gasteiger partial charge on any atom is -0.412 e. The van der Waals surface area contributed by atoms with Gasteiger partial charge in [-0.05, 0) is 25.0 Å². The molecule has 0 unspecified atom stereocenters. The number of aromatic nitrogens is 1. The van der Waals surface area contributed by atoms with Gasteiger partial charge in [0.05, 0.1) is 0 Å². The van der Waals surface area contributed by atoms with Crippen molar-refractivity contribution in [3.05, 3.63) is 30.6 Å². The maximum Gasteiger partial charge on any atom is 0.0466 e. The molecule has 2 rings (SSSR count). The van der Waals surface area contributed by atoms with E-state index in [1.54, 1.807) is 12.4 Å². The second-order valence-corrected chi connectivity index (χ2v) is 2.34. The van der Waals surface area contributed by atoms with E-state index in [0.717, 1.165) is 13.2 Å². The SMILES string of the molecule is C1CCOC1.I.O.c1ccncc1. The number of halogens is 1. The molecule has 1 aromatic rings. The molecule has 2 N–H and O–H groups in total. The molecule has 3 nitrogen and oxygen atoms in total. The Balaban J connectivity index is 0. The van der Waals surface area contributed by atoms with Crippen molar-refractivity contribution in [3.63, 3.8) is 0 Å². The van der Waals surface area contributed by atoms with Crippen LogP contribution in [0.3, 0.4) is 0 Å². The first-order valence-corrected chi connectivity index (χ1v) is 3.93. The van der Waals surface area contributed by atoms with Crippen LogP contribution in [-0.4, -0.2) is 23.7 Å². The maximum atomic E-state index is 4.94. The molecule has 0 aliphatic carbocycles. The first kappa shape index (κ1) is 15.3. The second kappa shape index (κ2) is 11.8. The smallest absolute Gasteiger partial charge is 0.0466 e. The molecule has 76 valence electrons. The zero-order valence-electron chi connectivity index (χ0n) is 7.48. The average molecular weight is 297 g/mol. The van der Waals surface area contributed by atoms with Crippen LogP contribution in [0.25, 0.3) is 0 Å². The normalized spacial score (nSPS) is 12.9. The minimum atomic E-state index is 0. The van der Waals surface area contributed by atoms with Crippen molar-refractivity contribution in [1.82, 2.24) is 4.98 Å². The second-order valence-electron chi connectivity index (χ2n) is 2.34. The molecule has 0 bridgehead atoms. The fraction of sp³-hybridized carbons (Fsp3) is 0.444. The van der Waals surface area contributed by atoms with Gasteiger partial charge < -0.3 is 10.2 Å². The van der Waals surface area contributed by atoms with Crippen LogP contribution in [0.1, 0.15) is 12.8 Å². The van der Waals surface area contributed by atoms with E-state index < -0.39 is 0 Å². The lowest BCUT2D eigenvalue weighted by Gasteiger charge is -1.76. The molecule has 0 saturated carbocycles. The highest BCUT2D eigenvalue weighted by molar-refractivity contribution is 14.0. The van der Waals surface area contributed by atoms with Gasteiger partial charge in [0.1, 0.15) is 0 Å². The van der Waals surface area contributed by atoms with Crippen molar-refractivity contribution >= 4 is 24.0 Å². The summed E-state index contributed by atoms with van der Waals surface area (Å²) in [6, 6.07) is 5.72. The third-order valence-electron chi connectivity index (χ3n) is 1.39. The van der Waals surface area contributed by atoms with Gasteiger partial charge in [-0.25, -0.2) is 0 Å². The minimum absolute atomic E-state index is 0. The Morgan fingerprint density at radius 3 is 1.62 bits per heavy atom. The predicted octanol–water partition coefficient (Wildman–Crippen LogP) is 1.67. The number of hydrogen-bond acceptors (Lipinski definition) is 2. The summed E-state index contributed by atoms with van der Waals surface area (Å²) in [7, 11) is 0. The van der Waals surface area contributed by atoms with Gasteiger partial charge in [0, 0.05) is 25.6 Å². The van der Waals surface area contributed by atoms with Crippen molar-refractivity contribution in [2.75, 3.05) is 13.2 Å². The fourth-order valence-electron chi connectivity index (χ4n) is 0.823. The van der Waals surface area contributed by atoms with Crippen LogP contribution in [-0.2, 0) is 4.74 Å². The van der Waals surface area contributed by atoms with Crippen LogP contribution in [0.2, 0.25) is 0 Å². The van der Waals surface area contributed by atoms with Crippen LogP contribution in [0, 0.1) is 0 Å². The summed E-state index contributed by atoms with van der Waals surface area (Å²) in [6.07, 6.45) is 6.06. The summed E-state index contributed by atoms with van der Waals surface area (Å²) in [5.74, 6) is 0. The van der Waals surface area contributed by atoms with Gasteiger partial charge in [-0.1, -0.05) is 6.07 Å². The van der Waals surface area contributed by atoms with Crippen molar-refractivity contribution in [2.24, 2.45) is 0 Å². The molecule has 0 atom stereocenters. The summed E-state index contributed by atoms with van der Waals surface area (Å²) < 4.78 is 4.94. The summed E-state index contributed by atoms with van der Waals surface area (Å²) in [5.41, 5.74) is 0. The van der Waals surface area contributed by atoms with Gasteiger partial charge in [-0.15, -0.1) is 24.0 Å². The van der Waals surface area contributed by atoms with Crippen molar-refractivity contribution in [2.45, 2.75) is 12.8 Å². The third-order valence-corrected chi connectivity index (χ3v) is 1.39. The van der Waals surface area contributed by atoms with Crippen LogP contribution in [0.4, 0.5) is 0 Å². The van der Waals surface area contributed by atoms with Crippen molar-refractivity contribution < 1.29 is 10.2 Å². The van der Waals surface area contributed by atoms with Gasteiger partial charge in [0.15, 0.2) is 0 Å².